The second kappa shape index (κ2) is 10.8. The minimum absolute atomic E-state index is 0.215. The van der Waals surface area contributed by atoms with Crippen LogP contribution >= 0.6 is 11.3 Å². The van der Waals surface area contributed by atoms with Gasteiger partial charge in [0.15, 0.2) is 0 Å². The summed E-state index contributed by atoms with van der Waals surface area (Å²) in [6.45, 7) is 0.571. The molecule has 0 amide bonds. The van der Waals surface area contributed by atoms with Gasteiger partial charge in [0.05, 0.1) is 28.5 Å². The van der Waals surface area contributed by atoms with Crippen LogP contribution in [0, 0.1) is 11.7 Å². The Balaban J connectivity index is 1.12. The van der Waals surface area contributed by atoms with Crippen molar-refractivity contribution in [3.63, 3.8) is 0 Å². The van der Waals surface area contributed by atoms with Crippen molar-refractivity contribution < 1.29 is 28.5 Å². The quantitative estimate of drug-likeness (QED) is 0.187. The molecule has 1 N–H and O–H groups in total. The SMILES string of the molecule is O=C(Oc1ccccc1)c1cccc(CC2COc3ccc(OCc4nc5cc(F)ccc5s4)cc3C2O)c1. The number of hydrogen-bond acceptors (Lipinski definition) is 7. The van der Waals surface area contributed by atoms with E-state index in [0.29, 0.717) is 46.9 Å². The fourth-order valence-electron chi connectivity index (χ4n) is 4.63. The lowest BCUT2D eigenvalue weighted by Gasteiger charge is -2.30. The van der Waals surface area contributed by atoms with E-state index in [2.05, 4.69) is 4.98 Å². The molecule has 0 aliphatic carbocycles. The Kier molecular flexibility index (Phi) is 6.96. The molecule has 39 heavy (non-hydrogen) atoms. The number of ether oxygens (including phenoxy) is 3. The van der Waals surface area contributed by atoms with Gasteiger partial charge in [0.1, 0.15) is 34.7 Å². The Morgan fingerprint density at radius 3 is 2.74 bits per heavy atom. The molecule has 2 heterocycles. The van der Waals surface area contributed by atoms with Crippen LogP contribution in [0.2, 0.25) is 0 Å². The molecular formula is C31H24FNO5S. The van der Waals surface area contributed by atoms with Crippen LogP contribution in [-0.2, 0) is 13.0 Å². The molecule has 1 aliphatic heterocycles. The maximum Gasteiger partial charge on any atom is 0.343 e. The zero-order chi connectivity index (χ0) is 26.8. The first-order chi connectivity index (χ1) is 19.0. The molecule has 1 aromatic heterocycles. The minimum Gasteiger partial charge on any atom is -0.493 e. The van der Waals surface area contributed by atoms with Gasteiger partial charge in [0.2, 0.25) is 0 Å². The number of rotatable bonds is 7. The van der Waals surface area contributed by atoms with Gasteiger partial charge in [-0.1, -0.05) is 30.3 Å². The predicted octanol–water partition coefficient (Wildman–Crippen LogP) is 6.52. The standard InChI is InChI=1S/C31H24FNO5S/c32-22-9-12-28-26(15-22)33-29(39-28)18-36-24-10-11-27-25(16-24)30(34)21(17-37-27)14-19-5-4-6-20(13-19)31(35)38-23-7-2-1-3-8-23/h1-13,15-16,21,30,34H,14,17-18H2. The van der Waals surface area contributed by atoms with E-state index in [1.54, 1.807) is 60.7 Å². The second-order valence-corrected chi connectivity index (χ2v) is 10.4. The molecule has 196 valence electrons. The van der Waals surface area contributed by atoms with E-state index in [9.17, 15) is 14.3 Å². The lowest BCUT2D eigenvalue weighted by Crippen LogP contribution is -2.27. The highest BCUT2D eigenvalue weighted by Gasteiger charge is 2.30. The monoisotopic (exact) mass is 541 g/mol. The maximum absolute atomic E-state index is 13.5. The predicted molar refractivity (Wildman–Crippen MR) is 146 cm³/mol. The number of thiazole rings is 1. The van der Waals surface area contributed by atoms with Gasteiger partial charge in [-0.25, -0.2) is 14.2 Å². The van der Waals surface area contributed by atoms with Gasteiger partial charge in [-0.3, -0.25) is 0 Å². The number of aliphatic hydroxyl groups excluding tert-OH is 1. The van der Waals surface area contributed by atoms with Crippen LogP contribution < -0.4 is 14.2 Å². The third kappa shape index (κ3) is 5.62. The van der Waals surface area contributed by atoms with Crippen LogP contribution in [0.5, 0.6) is 17.2 Å². The molecule has 6 nitrogen and oxygen atoms in total. The average molecular weight is 542 g/mol. The topological polar surface area (TPSA) is 77.9 Å². The summed E-state index contributed by atoms with van der Waals surface area (Å²) in [4.78, 5) is 17.1. The summed E-state index contributed by atoms with van der Waals surface area (Å²) in [6, 6.07) is 26.1. The molecule has 0 spiro atoms. The van der Waals surface area contributed by atoms with Gasteiger partial charge < -0.3 is 19.3 Å². The van der Waals surface area contributed by atoms with E-state index in [1.807, 2.05) is 18.2 Å². The van der Waals surface area contributed by atoms with E-state index in [4.69, 9.17) is 14.2 Å². The lowest BCUT2D eigenvalue weighted by molar-refractivity contribution is 0.0504. The third-order valence-electron chi connectivity index (χ3n) is 6.57. The van der Waals surface area contributed by atoms with E-state index in [1.165, 1.54) is 23.5 Å². The third-order valence-corrected chi connectivity index (χ3v) is 7.58. The van der Waals surface area contributed by atoms with Gasteiger partial charge >= 0.3 is 5.97 Å². The fraction of sp³-hybridized carbons (Fsp3) is 0.161. The zero-order valence-electron chi connectivity index (χ0n) is 20.7. The Morgan fingerprint density at radius 1 is 1.00 bits per heavy atom. The number of fused-ring (bicyclic) bond motifs is 2. The first kappa shape index (κ1) is 25.0. The van der Waals surface area contributed by atoms with Crippen LogP contribution in [0.25, 0.3) is 10.2 Å². The van der Waals surface area contributed by atoms with E-state index < -0.39 is 12.1 Å². The van der Waals surface area contributed by atoms with Gasteiger partial charge in [0.25, 0.3) is 0 Å². The summed E-state index contributed by atoms with van der Waals surface area (Å²) in [7, 11) is 0. The molecule has 0 bridgehead atoms. The van der Waals surface area contributed by atoms with E-state index in [0.717, 1.165) is 15.3 Å². The van der Waals surface area contributed by atoms with Crippen LogP contribution in [0.3, 0.4) is 0 Å². The summed E-state index contributed by atoms with van der Waals surface area (Å²) in [5.74, 6) is 0.698. The van der Waals surface area contributed by atoms with Gasteiger partial charge in [-0.15, -0.1) is 11.3 Å². The number of nitrogens with zero attached hydrogens (tertiary/aromatic N) is 1. The molecule has 8 heteroatoms. The van der Waals surface area contributed by atoms with E-state index in [-0.39, 0.29) is 18.3 Å². The molecule has 0 fully saturated rings. The molecule has 0 saturated carbocycles. The molecule has 0 saturated heterocycles. The van der Waals surface area contributed by atoms with Crippen LogP contribution in [0.4, 0.5) is 4.39 Å². The highest BCUT2D eigenvalue weighted by molar-refractivity contribution is 7.18. The number of carbonyl (C=O) groups is 1. The van der Waals surface area contributed by atoms with Crippen molar-refractivity contribution in [1.29, 1.82) is 0 Å². The fourth-order valence-corrected chi connectivity index (χ4v) is 5.49. The summed E-state index contributed by atoms with van der Waals surface area (Å²) >= 11 is 1.45. The number of esters is 1. The number of aliphatic hydroxyl groups is 1. The minimum atomic E-state index is -0.775. The molecule has 2 atom stereocenters. The number of halogens is 1. The van der Waals surface area contributed by atoms with Gasteiger partial charge in [-0.2, -0.15) is 0 Å². The highest BCUT2D eigenvalue weighted by atomic mass is 32.1. The number of benzene rings is 4. The maximum atomic E-state index is 13.5. The van der Waals surface area contributed by atoms with Crippen LogP contribution in [-0.4, -0.2) is 22.7 Å². The van der Waals surface area contributed by atoms with Crippen LogP contribution in [0.15, 0.2) is 91.0 Å². The summed E-state index contributed by atoms with van der Waals surface area (Å²) < 4.78 is 31.7. The molecule has 4 aromatic carbocycles. The van der Waals surface area contributed by atoms with Gasteiger partial charge in [-0.05, 0) is 66.6 Å². The first-order valence-electron chi connectivity index (χ1n) is 12.5. The first-order valence-corrected chi connectivity index (χ1v) is 13.3. The van der Waals surface area contributed by atoms with Crippen molar-refractivity contribution in [2.75, 3.05) is 6.61 Å². The highest BCUT2D eigenvalue weighted by Crippen LogP contribution is 2.39. The molecule has 2 unspecified atom stereocenters. The van der Waals surface area contributed by atoms with Crippen molar-refractivity contribution >= 4 is 27.5 Å². The normalized spacial score (nSPS) is 16.4. The number of aromatic nitrogens is 1. The molecule has 1 aliphatic rings. The second-order valence-electron chi connectivity index (χ2n) is 9.33. The summed E-state index contributed by atoms with van der Waals surface area (Å²) in [5, 5.41) is 11.9. The number of carbonyl (C=O) groups excluding carboxylic acids is 1. The lowest BCUT2D eigenvalue weighted by atomic mass is 9.88. The average Bonchev–Trinajstić information content (AvgIpc) is 3.36. The number of hydrogen-bond donors (Lipinski definition) is 1. The Bertz CT molecular complexity index is 1640. The summed E-state index contributed by atoms with van der Waals surface area (Å²) in [6.07, 6.45) is -0.261. The van der Waals surface area contributed by atoms with Crippen molar-refractivity contribution in [2.24, 2.45) is 5.92 Å². The Hall–Kier alpha value is -4.27. The van der Waals surface area contributed by atoms with Crippen molar-refractivity contribution in [3.8, 4) is 17.2 Å². The van der Waals surface area contributed by atoms with E-state index >= 15 is 0 Å². The molecule has 0 radical (unpaired) electrons. The molecule has 6 rings (SSSR count). The molecular weight excluding hydrogens is 517 g/mol. The Labute approximate surface area is 228 Å². The molecule has 5 aromatic rings. The Morgan fingerprint density at radius 2 is 1.87 bits per heavy atom. The van der Waals surface area contributed by atoms with Gasteiger partial charge in [0, 0.05) is 17.5 Å². The smallest absolute Gasteiger partial charge is 0.343 e. The van der Waals surface area contributed by atoms with Crippen molar-refractivity contribution in [1.82, 2.24) is 4.98 Å². The summed E-state index contributed by atoms with van der Waals surface area (Å²) in [5.41, 5.74) is 2.59. The van der Waals surface area contributed by atoms with Crippen LogP contribution in [0.1, 0.15) is 32.6 Å². The van der Waals surface area contributed by atoms with Crippen molar-refractivity contribution in [3.05, 3.63) is 119 Å². The van der Waals surface area contributed by atoms with Crippen molar-refractivity contribution in [2.45, 2.75) is 19.1 Å². The largest absolute Gasteiger partial charge is 0.493 e. The number of para-hydroxylation sites is 1. The zero-order valence-corrected chi connectivity index (χ0v) is 21.6.